The molecule has 0 spiro atoms. The third-order valence-electron chi connectivity index (χ3n) is 4.30. The van der Waals surface area contributed by atoms with Gasteiger partial charge in [0.1, 0.15) is 5.82 Å². The van der Waals surface area contributed by atoms with Crippen LogP contribution in [-0.4, -0.2) is 22.8 Å². The van der Waals surface area contributed by atoms with E-state index in [1.807, 2.05) is 0 Å². The number of carbonyl (C=O) groups is 3. The number of anilines is 3. The Bertz CT molecular complexity index is 1110. The molecule has 0 saturated carbocycles. The number of primary amides is 1. The molecule has 31 heavy (non-hydrogen) atoms. The summed E-state index contributed by atoms with van der Waals surface area (Å²) in [6, 6.07) is 11.2. The highest BCUT2D eigenvalue weighted by atomic mass is 19.3. The van der Waals surface area contributed by atoms with E-state index in [1.54, 1.807) is 30.5 Å². The van der Waals surface area contributed by atoms with E-state index in [1.165, 1.54) is 31.2 Å². The van der Waals surface area contributed by atoms with Crippen LogP contribution in [0.4, 0.5) is 30.8 Å². The monoisotopic (exact) mass is 427 g/mol. The Morgan fingerprint density at radius 3 is 1.94 bits per heavy atom. The van der Waals surface area contributed by atoms with Crippen LogP contribution in [0.25, 0.3) is 11.1 Å². The van der Waals surface area contributed by atoms with Crippen molar-refractivity contribution in [3.63, 3.8) is 0 Å². The summed E-state index contributed by atoms with van der Waals surface area (Å²) in [5, 5.41) is 7.68. The number of nitrogens with two attached hydrogens (primary N) is 1. The molecule has 0 unspecified atom stereocenters. The van der Waals surface area contributed by atoms with Crippen LogP contribution in [0, 0.1) is 0 Å². The summed E-state index contributed by atoms with van der Waals surface area (Å²) in [6.07, 6.45) is -1.03. The van der Waals surface area contributed by atoms with Gasteiger partial charge in [0, 0.05) is 35.6 Å². The first-order chi connectivity index (χ1) is 14.7. The zero-order valence-electron chi connectivity index (χ0n) is 16.3. The zero-order chi connectivity index (χ0) is 22.5. The van der Waals surface area contributed by atoms with Crippen molar-refractivity contribution < 1.29 is 23.2 Å². The second-order valence-corrected chi connectivity index (χ2v) is 6.58. The molecule has 1 aromatic heterocycles. The van der Waals surface area contributed by atoms with Crippen LogP contribution in [0.5, 0.6) is 0 Å². The van der Waals surface area contributed by atoms with E-state index in [0.29, 0.717) is 22.5 Å². The topological polar surface area (TPSA) is 129 Å². The summed E-state index contributed by atoms with van der Waals surface area (Å²) in [7, 11) is 0. The Morgan fingerprint density at radius 1 is 0.903 bits per heavy atom. The van der Waals surface area contributed by atoms with Crippen LogP contribution in [0.2, 0.25) is 0 Å². The highest BCUT2D eigenvalue weighted by molar-refractivity contribution is 6.07. The molecule has 3 rings (SSSR count). The van der Waals surface area contributed by atoms with Gasteiger partial charge in [-0.3, -0.25) is 9.59 Å². The number of alkyl halides is 2. The quantitative estimate of drug-likeness (QED) is 0.402. The van der Waals surface area contributed by atoms with Crippen LogP contribution in [0.1, 0.15) is 29.3 Å². The van der Waals surface area contributed by atoms with Crippen molar-refractivity contribution in [2.75, 3.05) is 16.0 Å². The molecule has 0 radical (unpaired) electrons. The Kier molecular flexibility index (Phi) is 6.29. The molecule has 0 aliphatic carbocycles. The van der Waals surface area contributed by atoms with Gasteiger partial charge in [0.25, 0.3) is 12.3 Å². The molecular weight excluding hydrogens is 408 g/mol. The van der Waals surface area contributed by atoms with Crippen molar-refractivity contribution in [1.82, 2.24) is 4.98 Å². The van der Waals surface area contributed by atoms with Gasteiger partial charge in [-0.05, 0) is 29.8 Å². The lowest BCUT2D eigenvalue weighted by Crippen LogP contribution is -2.19. The van der Waals surface area contributed by atoms with E-state index in [0.717, 1.165) is 0 Å². The Morgan fingerprint density at radius 2 is 1.45 bits per heavy atom. The Balaban J connectivity index is 1.70. The van der Waals surface area contributed by atoms with Gasteiger partial charge >= 0.3 is 6.03 Å². The van der Waals surface area contributed by atoms with Gasteiger partial charge in [0.2, 0.25) is 5.91 Å². The maximum Gasteiger partial charge on any atom is 0.323 e. The molecule has 160 valence electrons. The lowest BCUT2D eigenvalue weighted by Gasteiger charge is -2.09. The van der Waals surface area contributed by atoms with Gasteiger partial charge < -0.3 is 26.7 Å². The van der Waals surface area contributed by atoms with Crippen molar-refractivity contribution in [2.24, 2.45) is 5.73 Å². The molecule has 4 amide bonds. The minimum Gasteiger partial charge on any atom is -0.365 e. The third-order valence-corrected chi connectivity index (χ3v) is 4.30. The highest BCUT2D eigenvalue weighted by Gasteiger charge is 2.18. The molecule has 0 aliphatic rings. The zero-order valence-corrected chi connectivity index (χ0v) is 16.3. The van der Waals surface area contributed by atoms with E-state index < -0.39 is 18.4 Å². The van der Waals surface area contributed by atoms with E-state index in [9.17, 15) is 23.2 Å². The summed E-state index contributed by atoms with van der Waals surface area (Å²) in [5.74, 6) is -0.862. The normalized spacial score (nSPS) is 10.6. The van der Waals surface area contributed by atoms with Gasteiger partial charge in [0.05, 0.1) is 5.56 Å². The average Bonchev–Trinajstić information content (AvgIpc) is 3.12. The molecule has 3 aromatic rings. The second kappa shape index (κ2) is 9.08. The van der Waals surface area contributed by atoms with E-state index in [-0.39, 0.29) is 22.9 Å². The Labute approximate surface area is 175 Å². The van der Waals surface area contributed by atoms with Crippen molar-refractivity contribution in [3.05, 3.63) is 65.9 Å². The molecule has 0 bridgehead atoms. The van der Waals surface area contributed by atoms with Gasteiger partial charge in [-0.15, -0.1) is 0 Å². The number of benzene rings is 2. The smallest absolute Gasteiger partial charge is 0.323 e. The molecule has 10 heteroatoms. The average molecular weight is 427 g/mol. The van der Waals surface area contributed by atoms with Crippen LogP contribution in [-0.2, 0) is 4.79 Å². The van der Waals surface area contributed by atoms with E-state index in [4.69, 9.17) is 5.73 Å². The standard InChI is InChI=1S/C21H19F2N5O3/c1-11(29)26-20-17(19(24)30)16(10-25-20)12-2-6-14(7-3-12)27-21(31)28-15-8-4-13(5-9-15)18(22)23/h2-10,18,25H,1H3,(H2,24,30)(H,26,29)(H2,27,28,31). The van der Waals surface area contributed by atoms with Gasteiger partial charge in [-0.2, -0.15) is 0 Å². The van der Waals surface area contributed by atoms with Crippen LogP contribution >= 0.6 is 0 Å². The maximum atomic E-state index is 12.6. The molecular formula is C21H19F2N5O3. The van der Waals surface area contributed by atoms with Crippen molar-refractivity contribution in [3.8, 4) is 11.1 Å². The summed E-state index contributed by atoms with van der Waals surface area (Å²) in [5.41, 5.74) is 7.41. The number of aromatic amines is 1. The number of hydrogen-bond donors (Lipinski definition) is 5. The van der Waals surface area contributed by atoms with Gasteiger partial charge in [0.15, 0.2) is 0 Å². The third kappa shape index (κ3) is 5.24. The fourth-order valence-corrected chi connectivity index (χ4v) is 2.92. The number of rotatable bonds is 6. The van der Waals surface area contributed by atoms with Crippen LogP contribution in [0.3, 0.4) is 0 Å². The molecule has 6 N–H and O–H groups in total. The lowest BCUT2D eigenvalue weighted by atomic mass is 10.0. The summed E-state index contributed by atoms with van der Waals surface area (Å²) in [4.78, 5) is 38.1. The molecule has 0 fully saturated rings. The molecule has 0 aliphatic heterocycles. The number of hydrogen-bond acceptors (Lipinski definition) is 3. The number of halogens is 2. The Hall–Kier alpha value is -4.21. The van der Waals surface area contributed by atoms with E-state index >= 15 is 0 Å². The summed E-state index contributed by atoms with van der Waals surface area (Å²) in [6.45, 7) is 1.31. The predicted octanol–water partition coefficient (Wildman–Crippen LogP) is 4.32. The number of urea groups is 1. The molecule has 8 nitrogen and oxygen atoms in total. The fraction of sp³-hybridized carbons (Fsp3) is 0.0952. The maximum absolute atomic E-state index is 12.6. The SMILES string of the molecule is CC(=O)Nc1[nH]cc(-c2ccc(NC(=O)Nc3ccc(C(F)F)cc3)cc2)c1C(N)=O. The number of H-pyrrole nitrogens is 1. The summed E-state index contributed by atoms with van der Waals surface area (Å²) >= 11 is 0. The van der Waals surface area contributed by atoms with Crippen LogP contribution < -0.4 is 21.7 Å². The molecule has 0 atom stereocenters. The first-order valence-corrected chi connectivity index (χ1v) is 9.10. The van der Waals surface area contributed by atoms with Gasteiger partial charge in [-0.1, -0.05) is 24.3 Å². The van der Waals surface area contributed by atoms with Crippen molar-refractivity contribution in [1.29, 1.82) is 0 Å². The predicted molar refractivity (Wildman–Crippen MR) is 113 cm³/mol. The van der Waals surface area contributed by atoms with Gasteiger partial charge in [-0.25, -0.2) is 13.6 Å². The second-order valence-electron chi connectivity index (χ2n) is 6.58. The molecule has 1 heterocycles. The first kappa shape index (κ1) is 21.5. The largest absolute Gasteiger partial charge is 0.365 e. The summed E-state index contributed by atoms with van der Waals surface area (Å²) < 4.78 is 25.2. The molecule has 0 saturated heterocycles. The van der Waals surface area contributed by atoms with Crippen molar-refractivity contribution >= 4 is 35.0 Å². The highest BCUT2D eigenvalue weighted by Crippen LogP contribution is 2.30. The van der Waals surface area contributed by atoms with Crippen molar-refractivity contribution in [2.45, 2.75) is 13.3 Å². The number of aromatic nitrogens is 1. The number of nitrogens with one attached hydrogen (secondary N) is 4. The minimum atomic E-state index is -2.58. The molecule has 2 aromatic carbocycles. The van der Waals surface area contributed by atoms with Crippen LogP contribution in [0.15, 0.2) is 54.7 Å². The number of amides is 4. The lowest BCUT2D eigenvalue weighted by molar-refractivity contribution is -0.114. The number of carbonyl (C=O) groups excluding carboxylic acids is 3. The van der Waals surface area contributed by atoms with E-state index in [2.05, 4.69) is 20.9 Å². The minimum absolute atomic E-state index is 0.136. The first-order valence-electron chi connectivity index (χ1n) is 9.10. The fourth-order valence-electron chi connectivity index (χ4n) is 2.92.